The third-order valence-corrected chi connectivity index (χ3v) is 12.1. The molecule has 1 N–H and O–H groups in total. The molecule has 2 aliphatic heterocycles. The lowest BCUT2D eigenvalue weighted by molar-refractivity contribution is -0.124. The molecular formula is C42H37ClN6O9. The van der Waals surface area contributed by atoms with E-state index >= 15 is 4.79 Å². The summed E-state index contributed by atoms with van der Waals surface area (Å²) in [5.74, 6) is -1.52. The predicted molar refractivity (Wildman–Crippen MR) is 211 cm³/mol. The molecule has 16 heteroatoms. The molecule has 2 amide bonds. The second-order valence-electron chi connectivity index (χ2n) is 14.6. The van der Waals surface area contributed by atoms with Crippen molar-refractivity contribution in [3.8, 4) is 11.5 Å². The number of hydrogen-bond acceptors (Lipinski definition) is 10. The zero-order valence-electron chi connectivity index (χ0n) is 31.6. The number of carbonyl (C=O) groups is 2. The molecule has 0 unspecified atom stereocenters. The summed E-state index contributed by atoms with van der Waals surface area (Å²) in [6.07, 6.45) is 1.78. The first kappa shape index (κ1) is 37.1. The maximum atomic E-state index is 15.3. The van der Waals surface area contributed by atoms with Crippen molar-refractivity contribution in [3.63, 3.8) is 0 Å². The van der Waals surface area contributed by atoms with Crippen molar-refractivity contribution in [2.75, 3.05) is 19.1 Å². The molecule has 6 aromatic rings. The number of aliphatic hydroxyl groups is 1. The van der Waals surface area contributed by atoms with Crippen LogP contribution in [0.2, 0.25) is 5.02 Å². The molecule has 3 aliphatic rings. The van der Waals surface area contributed by atoms with E-state index < -0.39 is 58.7 Å². The number of halogens is 1. The van der Waals surface area contributed by atoms with Gasteiger partial charge in [-0.25, -0.2) is 33.4 Å². The maximum Gasteiger partial charge on any atom is 0.347 e. The van der Waals surface area contributed by atoms with Crippen molar-refractivity contribution in [2.45, 2.75) is 49.9 Å². The van der Waals surface area contributed by atoms with Crippen LogP contribution in [0.4, 0.5) is 5.69 Å². The van der Waals surface area contributed by atoms with E-state index in [4.69, 9.17) is 25.5 Å². The highest BCUT2D eigenvalue weighted by Crippen LogP contribution is 2.62. The number of methoxy groups -OCH3 is 2. The molecule has 1 aliphatic carbocycles. The molecule has 2 fully saturated rings. The number of anilines is 1. The van der Waals surface area contributed by atoms with Crippen molar-refractivity contribution in [3.05, 3.63) is 150 Å². The van der Waals surface area contributed by atoms with Crippen LogP contribution in [0.15, 0.2) is 109 Å². The van der Waals surface area contributed by atoms with Gasteiger partial charge in [-0.2, -0.15) is 0 Å². The topological polar surface area (TPSA) is 173 Å². The molecule has 9 rings (SSSR count). The largest absolute Gasteiger partial charge is 0.493 e. The number of aryl methyl sites for hydroxylation is 2. The lowest BCUT2D eigenvalue weighted by atomic mass is 9.54. The van der Waals surface area contributed by atoms with E-state index in [1.165, 1.54) is 28.2 Å². The number of hydrogen-bond donors (Lipinski definition) is 1. The number of furan rings is 1. The van der Waals surface area contributed by atoms with Crippen molar-refractivity contribution in [2.24, 2.45) is 13.0 Å². The fourth-order valence-corrected chi connectivity index (χ4v) is 9.46. The van der Waals surface area contributed by atoms with Crippen LogP contribution >= 0.6 is 11.6 Å². The van der Waals surface area contributed by atoms with Gasteiger partial charge in [0.15, 0.2) is 11.5 Å². The van der Waals surface area contributed by atoms with E-state index in [2.05, 4.69) is 4.98 Å². The minimum Gasteiger partial charge on any atom is -0.493 e. The van der Waals surface area contributed by atoms with E-state index in [0.29, 0.717) is 50.1 Å². The van der Waals surface area contributed by atoms with Gasteiger partial charge in [0.05, 0.1) is 55.4 Å². The molecular weight excluding hydrogens is 768 g/mol. The van der Waals surface area contributed by atoms with Crippen LogP contribution in [0.5, 0.6) is 11.5 Å². The fraction of sp³-hybridized carbons (Fsp3) is 0.286. The number of fused-ring (bicyclic) bond motifs is 5. The number of nitrogens with zero attached hydrogens (tertiary/aromatic N) is 6. The summed E-state index contributed by atoms with van der Waals surface area (Å²) < 4.78 is 22.2. The average Bonchev–Trinajstić information content (AvgIpc) is 3.88. The Kier molecular flexibility index (Phi) is 8.89. The molecule has 0 radical (unpaired) electrons. The van der Waals surface area contributed by atoms with Gasteiger partial charge < -0.3 is 23.6 Å². The monoisotopic (exact) mass is 804 g/mol. The molecule has 0 spiro atoms. The fourth-order valence-electron chi connectivity index (χ4n) is 9.28. The lowest BCUT2D eigenvalue weighted by Crippen LogP contribution is -2.53. The Balaban J connectivity index is 1.17. The van der Waals surface area contributed by atoms with Crippen molar-refractivity contribution in [1.82, 2.24) is 23.5 Å². The van der Waals surface area contributed by atoms with Crippen LogP contribution in [0, 0.1) is 5.92 Å². The number of rotatable bonds is 9. The SMILES string of the molecule is COc1cc2nc(CCn3c(=O)n4n(c3=O)[C@@H]3C[C@H]5C(=O)N(c6cccc(Cl)c6)C(=O)[C@@]5(c5ccccc5)[C@@H](c5ccc(CO)o5)C3=CC4)c(=O)n(C)c2cc1OC. The highest BCUT2D eigenvalue weighted by atomic mass is 35.5. The van der Waals surface area contributed by atoms with Crippen LogP contribution in [0.1, 0.15) is 41.2 Å². The number of aliphatic hydroxyl groups excluding tert-OH is 1. The molecule has 296 valence electrons. The molecule has 58 heavy (non-hydrogen) atoms. The zero-order valence-corrected chi connectivity index (χ0v) is 32.4. The van der Waals surface area contributed by atoms with Gasteiger partial charge in [-0.15, -0.1) is 0 Å². The lowest BCUT2D eigenvalue weighted by Gasteiger charge is -2.48. The van der Waals surface area contributed by atoms with Crippen molar-refractivity contribution >= 4 is 40.1 Å². The Bertz CT molecular complexity index is 2890. The molecule has 1 saturated carbocycles. The van der Waals surface area contributed by atoms with E-state index in [9.17, 15) is 24.3 Å². The Labute approximate surface area is 334 Å². The number of amides is 2. The molecule has 4 atom stereocenters. The Morgan fingerprint density at radius 2 is 1.69 bits per heavy atom. The predicted octanol–water partition coefficient (Wildman–Crippen LogP) is 3.85. The van der Waals surface area contributed by atoms with E-state index in [1.54, 1.807) is 67.7 Å². The van der Waals surface area contributed by atoms with Crippen LogP contribution in [0.25, 0.3) is 11.0 Å². The van der Waals surface area contributed by atoms with Gasteiger partial charge in [0.2, 0.25) is 11.8 Å². The van der Waals surface area contributed by atoms with Gasteiger partial charge in [-0.05, 0) is 47.9 Å². The number of allylic oxidation sites excluding steroid dienone is 2. The summed E-state index contributed by atoms with van der Waals surface area (Å²) in [4.78, 5) is 78.1. The number of ether oxygens (including phenoxy) is 2. The Morgan fingerprint density at radius 1 is 0.931 bits per heavy atom. The number of imide groups is 1. The van der Waals surface area contributed by atoms with Gasteiger partial charge in [0, 0.05) is 37.2 Å². The van der Waals surface area contributed by atoms with E-state index in [1.807, 2.05) is 24.3 Å². The highest BCUT2D eigenvalue weighted by Gasteiger charge is 2.69. The van der Waals surface area contributed by atoms with Crippen LogP contribution in [-0.2, 0) is 48.2 Å². The van der Waals surface area contributed by atoms with Gasteiger partial charge in [-0.1, -0.05) is 54.1 Å². The average molecular weight is 805 g/mol. The normalized spacial score (nSPS) is 21.2. The number of aromatic nitrogens is 5. The summed E-state index contributed by atoms with van der Waals surface area (Å²) in [5.41, 5.74) is -0.598. The second kappa shape index (κ2) is 13.9. The van der Waals surface area contributed by atoms with Gasteiger partial charge in [0.25, 0.3) is 5.56 Å². The summed E-state index contributed by atoms with van der Waals surface area (Å²) in [6.45, 7) is -0.589. The van der Waals surface area contributed by atoms with Crippen LogP contribution in [0.3, 0.4) is 0 Å². The number of carbonyl (C=O) groups excluding carboxylic acids is 2. The third kappa shape index (κ3) is 5.29. The molecule has 1 saturated heterocycles. The van der Waals surface area contributed by atoms with Gasteiger partial charge in [0.1, 0.15) is 29.2 Å². The third-order valence-electron chi connectivity index (χ3n) is 11.9. The summed E-state index contributed by atoms with van der Waals surface area (Å²) in [7, 11) is 4.59. The first-order chi connectivity index (χ1) is 28.0. The van der Waals surface area contributed by atoms with Gasteiger partial charge in [-0.3, -0.25) is 14.4 Å². The van der Waals surface area contributed by atoms with Crippen LogP contribution in [-0.4, -0.2) is 54.6 Å². The first-order valence-corrected chi connectivity index (χ1v) is 19.0. The molecule has 15 nitrogen and oxygen atoms in total. The molecule has 0 bridgehead atoms. The zero-order chi connectivity index (χ0) is 40.6. The van der Waals surface area contributed by atoms with E-state index in [-0.39, 0.29) is 37.4 Å². The maximum absolute atomic E-state index is 15.3. The quantitative estimate of drug-likeness (QED) is 0.167. The smallest absolute Gasteiger partial charge is 0.347 e. The highest BCUT2D eigenvalue weighted by molar-refractivity contribution is 6.32. The second-order valence-corrected chi connectivity index (χ2v) is 15.0. The van der Waals surface area contributed by atoms with Gasteiger partial charge >= 0.3 is 11.4 Å². The molecule has 3 aromatic heterocycles. The minimum atomic E-state index is -1.54. The molecule has 3 aromatic carbocycles. The summed E-state index contributed by atoms with van der Waals surface area (Å²) >= 11 is 6.39. The molecule has 5 heterocycles. The van der Waals surface area contributed by atoms with Crippen molar-refractivity contribution in [1.29, 1.82) is 0 Å². The minimum absolute atomic E-state index is 0.00609. The van der Waals surface area contributed by atoms with E-state index in [0.717, 1.165) is 9.47 Å². The standard InChI is InChI=1S/C42H37ClN6O9/c1-45-32-21-35(57-3)34(56-2)20-30(32)44-29(38(45)52)15-16-46-40(54)47-17-14-27-31(49(47)41(46)55)19-28-37(51)48(25-11-7-10-24(43)18-25)39(53)42(28,23-8-5-4-6-9-23)36(27)33-13-12-26(22-50)58-33/h4-14,18,20-21,28,31,36,50H,15-17,19,22H2,1-3H3/t28-,31+,36+,42+/m0/s1. The summed E-state index contributed by atoms with van der Waals surface area (Å²) in [6, 6.07) is 21.3. The van der Waals surface area contributed by atoms with Crippen molar-refractivity contribution < 1.29 is 28.6 Å². The number of benzene rings is 3. The first-order valence-electron chi connectivity index (χ1n) is 18.7. The van der Waals surface area contributed by atoms with Crippen LogP contribution < -0.4 is 31.3 Å². The Hall–Kier alpha value is -6.45. The summed E-state index contributed by atoms with van der Waals surface area (Å²) in [5, 5.41) is 10.4. The Morgan fingerprint density at radius 3 is 2.40 bits per heavy atom.